The number of hydrogen-bond donors (Lipinski definition) is 3. The van der Waals surface area contributed by atoms with Crippen LogP contribution in [0.5, 0.6) is 0 Å². The zero-order valence-electron chi connectivity index (χ0n) is 5.75. The van der Waals surface area contributed by atoms with Crippen LogP contribution in [0.4, 0.5) is 0 Å². The van der Waals surface area contributed by atoms with Gasteiger partial charge in [0.15, 0.2) is 6.29 Å². The molecule has 5 heteroatoms. The molecule has 0 aromatic carbocycles. The quantitative estimate of drug-likeness (QED) is 0.408. The minimum atomic E-state index is -1.04. The van der Waals surface area contributed by atoms with E-state index in [1.807, 2.05) is 0 Å². The van der Waals surface area contributed by atoms with Crippen molar-refractivity contribution < 1.29 is 24.8 Å². The van der Waals surface area contributed by atoms with E-state index in [9.17, 15) is 5.11 Å². The van der Waals surface area contributed by atoms with Crippen LogP contribution in [0, 0.1) is 0 Å². The van der Waals surface area contributed by atoms with Crippen LogP contribution < -0.4 is 0 Å². The van der Waals surface area contributed by atoms with Crippen LogP contribution in [0.25, 0.3) is 0 Å². The molecule has 0 spiro atoms. The zero-order valence-corrected chi connectivity index (χ0v) is 5.75. The lowest BCUT2D eigenvalue weighted by atomic mass is 10.1. The van der Waals surface area contributed by atoms with Gasteiger partial charge in [0.25, 0.3) is 0 Å². The van der Waals surface area contributed by atoms with Crippen LogP contribution in [0.3, 0.4) is 0 Å². The normalized spacial score (nSPS) is 55.4. The summed E-state index contributed by atoms with van der Waals surface area (Å²) in [6.45, 7) is -0.190. The van der Waals surface area contributed by atoms with Gasteiger partial charge in [-0.3, -0.25) is 0 Å². The Hall–Kier alpha value is -0.200. The van der Waals surface area contributed by atoms with Crippen molar-refractivity contribution in [2.75, 3.05) is 6.61 Å². The summed E-state index contributed by atoms with van der Waals surface area (Å²) in [5, 5.41) is 27.0. The lowest BCUT2D eigenvalue weighted by Gasteiger charge is -2.23. The van der Waals surface area contributed by atoms with Crippen molar-refractivity contribution in [3.05, 3.63) is 0 Å². The number of aliphatic hydroxyl groups is 3. The predicted molar refractivity (Wildman–Crippen MR) is 32.6 cm³/mol. The zero-order chi connectivity index (χ0) is 8.01. The van der Waals surface area contributed by atoms with Crippen molar-refractivity contribution in [3.8, 4) is 0 Å². The van der Waals surface area contributed by atoms with E-state index in [0.29, 0.717) is 0 Å². The van der Waals surface area contributed by atoms with Crippen LogP contribution in [0.1, 0.15) is 0 Å². The number of fused-ring (bicyclic) bond motifs is 2. The summed E-state index contributed by atoms with van der Waals surface area (Å²) in [4.78, 5) is 0. The second kappa shape index (κ2) is 2.40. The Morgan fingerprint density at radius 3 is 2.18 bits per heavy atom. The summed E-state index contributed by atoms with van der Waals surface area (Å²) < 4.78 is 9.96. The van der Waals surface area contributed by atoms with Gasteiger partial charge in [0.05, 0.1) is 6.61 Å². The predicted octanol–water partition coefficient (Wildman–Crippen LogP) is -2.18. The third kappa shape index (κ3) is 0.896. The Labute approximate surface area is 63.2 Å². The Morgan fingerprint density at radius 1 is 1.09 bits per heavy atom. The Bertz CT molecular complexity index is 159. The van der Waals surface area contributed by atoms with E-state index >= 15 is 0 Å². The topological polar surface area (TPSA) is 79.2 Å². The van der Waals surface area contributed by atoms with Crippen molar-refractivity contribution >= 4 is 0 Å². The molecule has 0 radical (unpaired) electrons. The average Bonchev–Trinajstić information content (AvgIpc) is 2.43. The summed E-state index contributed by atoms with van der Waals surface area (Å²) in [7, 11) is 0. The van der Waals surface area contributed by atoms with Gasteiger partial charge in [-0.15, -0.1) is 0 Å². The smallest absolute Gasteiger partial charge is 0.184 e. The van der Waals surface area contributed by atoms with Crippen LogP contribution in [-0.2, 0) is 9.47 Å². The highest BCUT2D eigenvalue weighted by molar-refractivity contribution is 4.98. The largest absolute Gasteiger partial charge is 0.394 e. The molecule has 0 saturated carbocycles. The maximum atomic E-state index is 9.28. The molecule has 64 valence electrons. The molecule has 2 fully saturated rings. The second-order valence-electron chi connectivity index (χ2n) is 2.80. The summed E-state index contributed by atoms with van der Waals surface area (Å²) >= 11 is 0. The molecular formula is C6H10O5. The summed E-state index contributed by atoms with van der Waals surface area (Å²) in [5.74, 6) is 0. The van der Waals surface area contributed by atoms with Crippen molar-refractivity contribution in [1.29, 1.82) is 0 Å². The first-order chi connectivity index (χ1) is 5.24. The minimum Gasteiger partial charge on any atom is -0.394 e. The van der Waals surface area contributed by atoms with Gasteiger partial charge in [-0.1, -0.05) is 0 Å². The Balaban J connectivity index is 2.11. The molecule has 3 N–H and O–H groups in total. The van der Waals surface area contributed by atoms with E-state index in [-0.39, 0.29) is 6.61 Å². The molecule has 0 aromatic rings. The fourth-order valence-electron chi connectivity index (χ4n) is 1.56. The summed E-state index contributed by atoms with van der Waals surface area (Å²) in [5.41, 5.74) is 0. The van der Waals surface area contributed by atoms with Crippen LogP contribution in [0.15, 0.2) is 0 Å². The summed E-state index contributed by atoms with van der Waals surface area (Å²) in [6, 6.07) is 0. The third-order valence-electron chi connectivity index (χ3n) is 2.13. The maximum absolute atomic E-state index is 9.28. The van der Waals surface area contributed by atoms with Crippen molar-refractivity contribution in [1.82, 2.24) is 0 Å². The lowest BCUT2D eigenvalue weighted by Crippen LogP contribution is -2.37. The molecule has 2 bridgehead atoms. The van der Waals surface area contributed by atoms with Crippen molar-refractivity contribution in [2.45, 2.75) is 30.7 Å². The van der Waals surface area contributed by atoms with Gasteiger partial charge in [0, 0.05) is 0 Å². The molecule has 2 heterocycles. The van der Waals surface area contributed by atoms with E-state index in [2.05, 4.69) is 0 Å². The molecule has 0 unspecified atom stereocenters. The van der Waals surface area contributed by atoms with E-state index in [1.54, 1.807) is 0 Å². The van der Waals surface area contributed by atoms with Crippen LogP contribution in [0.2, 0.25) is 0 Å². The fraction of sp³-hybridized carbons (Fsp3) is 1.00. The molecule has 2 aliphatic rings. The molecular weight excluding hydrogens is 152 g/mol. The molecule has 5 atom stereocenters. The van der Waals surface area contributed by atoms with Crippen LogP contribution in [-0.4, -0.2) is 52.6 Å². The molecule has 0 aliphatic carbocycles. The van der Waals surface area contributed by atoms with E-state index in [4.69, 9.17) is 19.7 Å². The van der Waals surface area contributed by atoms with Crippen molar-refractivity contribution in [3.63, 3.8) is 0 Å². The fourth-order valence-corrected chi connectivity index (χ4v) is 1.56. The average molecular weight is 162 g/mol. The highest BCUT2D eigenvalue weighted by atomic mass is 16.7. The van der Waals surface area contributed by atoms with E-state index in [1.165, 1.54) is 0 Å². The highest BCUT2D eigenvalue weighted by Gasteiger charge is 2.54. The van der Waals surface area contributed by atoms with Gasteiger partial charge < -0.3 is 24.8 Å². The van der Waals surface area contributed by atoms with Gasteiger partial charge in [0.2, 0.25) is 0 Å². The van der Waals surface area contributed by atoms with Gasteiger partial charge in [-0.05, 0) is 0 Å². The lowest BCUT2D eigenvalue weighted by molar-refractivity contribution is -0.221. The standard InChI is InChI=1S/C6H10O5/c7-1-2-4-3(8)5(10-2)6(9)11-4/h2-9H,1H2/t2-,3-,4+,5+,6-/m0/s1. The maximum Gasteiger partial charge on any atom is 0.184 e. The summed E-state index contributed by atoms with van der Waals surface area (Å²) in [6.07, 6.45) is -3.59. The number of ether oxygens (including phenoxy) is 2. The molecule has 2 rings (SSSR count). The SMILES string of the molecule is OC[C@@H]1O[C@@H]2[C@@H](O)[C@@H]1O[C@@H]2O. The second-order valence-corrected chi connectivity index (χ2v) is 2.80. The first-order valence-corrected chi connectivity index (χ1v) is 3.52. The molecule has 5 nitrogen and oxygen atoms in total. The highest BCUT2D eigenvalue weighted by Crippen LogP contribution is 2.33. The molecule has 2 aliphatic heterocycles. The molecule has 0 amide bonds. The van der Waals surface area contributed by atoms with Crippen LogP contribution >= 0.6 is 0 Å². The first kappa shape index (κ1) is 7.45. The number of hydrogen-bond acceptors (Lipinski definition) is 5. The van der Waals surface area contributed by atoms with E-state index in [0.717, 1.165) is 0 Å². The molecule has 11 heavy (non-hydrogen) atoms. The third-order valence-corrected chi connectivity index (χ3v) is 2.13. The van der Waals surface area contributed by atoms with Crippen molar-refractivity contribution in [2.24, 2.45) is 0 Å². The molecule has 2 saturated heterocycles. The van der Waals surface area contributed by atoms with Gasteiger partial charge in [0.1, 0.15) is 24.4 Å². The minimum absolute atomic E-state index is 0.190. The monoisotopic (exact) mass is 162 g/mol. The van der Waals surface area contributed by atoms with Gasteiger partial charge in [-0.25, -0.2) is 0 Å². The number of rotatable bonds is 1. The first-order valence-electron chi connectivity index (χ1n) is 3.52. The number of aliphatic hydroxyl groups excluding tert-OH is 3. The van der Waals surface area contributed by atoms with Gasteiger partial charge in [-0.2, -0.15) is 0 Å². The van der Waals surface area contributed by atoms with Gasteiger partial charge >= 0.3 is 0 Å². The van der Waals surface area contributed by atoms with E-state index < -0.39 is 30.7 Å². The Kier molecular flexibility index (Phi) is 1.62. The Morgan fingerprint density at radius 2 is 1.82 bits per heavy atom. The molecule has 0 aromatic heterocycles.